The average Bonchev–Trinajstić information content (AvgIpc) is 2.65. The molecule has 0 amide bonds. The zero-order valence-corrected chi connectivity index (χ0v) is 11.2. The molecule has 16 heavy (non-hydrogen) atoms. The fraction of sp³-hybridized carbons (Fsp3) is 0.769. The van der Waals surface area contributed by atoms with Crippen LogP contribution in [0.5, 0.6) is 0 Å². The third-order valence-corrected chi connectivity index (χ3v) is 3.03. The lowest BCUT2D eigenvalue weighted by atomic mass is 9.85. The summed E-state index contributed by atoms with van der Waals surface area (Å²) in [6.45, 7) is 13.1. The summed E-state index contributed by atoms with van der Waals surface area (Å²) in [6, 6.07) is 0.530. The molecule has 1 aromatic rings. The van der Waals surface area contributed by atoms with E-state index in [-0.39, 0.29) is 5.41 Å². The molecule has 92 valence electrons. The first-order chi connectivity index (χ1) is 7.51. The smallest absolute Gasteiger partial charge is 0.114 e. The molecular weight excluding hydrogens is 198 g/mol. The van der Waals surface area contributed by atoms with Gasteiger partial charge in [0.1, 0.15) is 5.82 Å². The molecule has 3 heteroatoms. The van der Waals surface area contributed by atoms with Crippen LogP contribution in [0.15, 0.2) is 12.4 Å². The van der Waals surface area contributed by atoms with E-state index in [2.05, 4.69) is 55.7 Å². The van der Waals surface area contributed by atoms with Crippen LogP contribution in [0.2, 0.25) is 0 Å². The third kappa shape index (κ3) is 3.08. The van der Waals surface area contributed by atoms with Gasteiger partial charge in [0.15, 0.2) is 0 Å². The predicted octanol–water partition coefficient (Wildman–Crippen LogP) is 2.57. The van der Waals surface area contributed by atoms with Gasteiger partial charge in [-0.15, -0.1) is 0 Å². The highest BCUT2D eigenvalue weighted by Crippen LogP contribution is 2.27. The quantitative estimate of drug-likeness (QED) is 0.803. The van der Waals surface area contributed by atoms with Gasteiger partial charge in [0.25, 0.3) is 0 Å². The van der Waals surface area contributed by atoms with Crippen molar-refractivity contribution in [2.24, 2.45) is 0 Å². The Labute approximate surface area is 99.3 Å². The Balaban J connectivity index is 2.76. The van der Waals surface area contributed by atoms with Gasteiger partial charge < -0.3 is 9.88 Å². The van der Waals surface area contributed by atoms with Gasteiger partial charge in [-0.25, -0.2) is 4.98 Å². The monoisotopic (exact) mass is 223 g/mol. The lowest BCUT2D eigenvalue weighted by Gasteiger charge is -2.28. The second kappa shape index (κ2) is 5.48. The van der Waals surface area contributed by atoms with Gasteiger partial charge in [0, 0.05) is 30.4 Å². The Morgan fingerprint density at radius 2 is 2.12 bits per heavy atom. The predicted molar refractivity (Wildman–Crippen MR) is 68.7 cm³/mol. The summed E-state index contributed by atoms with van der Waals surface area (Å²) in [6.07, 6.45) is 5.07. The average molecular weight is 223 g/mol. The summed E-state index contributed by atoms with van der Waals surface area (Å²) in [5, 5.41) is 3.46. The first kappa shape index (κ1) is 13.2. The molecule has 0 radical (unpaired) electrons. The first-order valence-electron chi connectivity index (χ1n) is 6.26. The Kier molecular flexibility index (Phi) is 4.54. The van der Waals surface area contributed by atoms with Crippen LogP contribution in [0, 0.1) is 0 Å². The molecule has 0 spiro atoms. The van der Waals surface area contributed by atoms with Gasteiger partial charge in [-0.05, 0) is 26.8 Å². The highest BCUT2D eigenvalue weighted by molar-refractivity contribution is 5.07. The van der Waals surface area contributed by atoms with Crippen LogP contribution in [0.3, 0.4) is 0 Å². The van der Waals surface area contributed by atoms with Gasteiger partial charge in [-0.2, -0.15) is 0 Å². The normalized spacial score (nSPS) is 14.1. The van der Waals surface area contributed by atoms with E-state index in [9.17, 15) is 0 Å². The number of imidazole rings is 1. The molecule has 0 saturated carbocycles. The Bertz CT molecular complexity index is 315. The second-order valence-corrected chi connectivity index (χ2v) is 5.08. The molecule has 0 fully saturated rings. The van der Waals surface area contributed by atoms with Crippen LogP contribution in [0.25, 0.3) is 0 Å². The molecule has 0 bridgehead atoms. The van der Waals surface area contributed by atoms with Crippen molar-refractivity contribution < 1.29 is 0 Å². The van der Waals surface area contributed by atoms with Crippen LogP contribution in [-0.4, -0.2) is 22.1 Å². The Hall–Kier alpha value is -0.830. The molecule has 0 aliphatic rings. The maximum atomic E-state index is 4.51. The molecule has 1 unspecified atom stereocenters. The Morgan fingerprint density at radius 1 is 1.44 bits per heavy atom. The fourth-order valence-corrected chi connectivity index (χ4v) is 2.43. The first-order valence-corrected chi connectivity index (χ1v) is 6.26. The number of nitrogens with zero attached hydrogens (tertiary/aromatic N) is 2. The summed E-state index contributed by atoms with van der Waals surface area (Å²) in [4.78, 5) is 4.51. The zero-order chi connectivity index (χ0) is 12.2. The van der Waals surface area contributed by atoms with Crippen molar-refractivity contribution in [3.8, 4) is 0 Å². The van der Waals surface area contributed by atoms with E-state index in [0.717, 1.165) is 19.5 Å². The van der Waals surface area contributed by atoms with Crippen LogP contribution >= 0.6 is 0 Å². The number of aryl methyl sites for hydroxylation is 1. The summed E-state index contributed by atoms with van der Waals surface area (Å²) >= 11 is 0. The molecule has 1 N–H and O–H groups in total. The van der Waals surface area contributed by atoms with Crippen molar-refractivity contribution in [2.45, 2.75) is 59.0 Å². The van der Waals surface area contributed by atoms with E-state index >= 15 is 0 Å². The number of hydrogen-bond donors (Lipinski definition) is 1. The molecule has 1 atom stereocenters. The third-order valence-electron chi connectivity index (χ3n) is 3.03. The van der Waals surface area contributed by atoms with E-state index in [1.54, 1.807) is 0 Å². The maximum absolute atomic E-state index is 4.51. The molecule has 1 aromatic heterocycles. The van der Waals surface area contributed by atoms with Gasteiger partial charge in [0.2, 0.25) is 0 Å². The lowest BCUT2D eigenvalue weighted by Crippen LogP contribution is -2.34. The van der Waals surface area contributed by atoms with Gasteiger partial charge in [-0.1, -0.05) is 20.8 Å². The number of aromatic nitrogens is 2. The molecular formula is C13H25N3. The van der Waals surface area contributed by atoms with Crippen molar-refractivity contribution in [2.75, 3.05) is 6.54 Å². The van der Waals surface area contributed by atoms with Crippen LogP contribution in [-0.2, 0) is 12.0 Å². The van der Waals surface area contributed by atoms with Crippen molar-refractivity contribution in [1.82, 2.24) is 14.9 Å². The zero-order valence-electron chi connectivity index (χ0n) is 11.2. The maximum Gasteiger partial charge on any atom is 0.114 e. The van der Waals surface area contributed by atoms with Crippen LogP contribution < -0.4 is 5.32 Å². The van der Waals surface area contributed by atoms with Crippen LogP contribution in [0.1, 0.15) is 46.9 Å². The minimum atomic E-state index is 0.126. The fourth-order valence-electron chi connectivity index (χ4n) is 2.43. The molecule has 3 nitrogen and oxygen atoms in total. The summed E-state index contributed by atoms with van der Waals surface area (Å²) < 4.78 is 2.23. The SMILES string of the molecule is CCNC(C)CC(C)(C)c1nccn1CC. The Morgan fingerprint density at radius 3 is 2.69 bits per heavy atom. The molecule has 1 heterocycles. The van der Waals surface area contributed by atoms with Gasteiger partial charge in [-0.3, -0.25) is 0 Å². The van der Waals surface area contributed by atoms with Crippen molar-refractivity contribution in [3.63, 3.8) is 0 Å². The van der Waals surface area contributed by atoms with Crippen molar-refractivity contribution >= 4 is 0 Å². The summed E-state index contributed by atoms with van der Waals surface area (Å²) in [5.41, 5.74) is 0.126. The minimum Gasteiger partial charge on any atom is -0.335 e. The van der Waals surface area contributed by atoms with Crippen molar-refractivity contribution in [3.05, 3.63) is 18.2 Å². The molecule has 0 aromatic carbocycles. The highest BCUT2D eigenvalue weighted by Gasteiger charge is 2.27. The van der Waals surface area contributed by atoms with Crippen LogP contribution in [0.4, 0.5) is 0 Å². The van der Waals surface area contributed by atoms with Crippen molar-refractivity contribution in [1.29, 1.82) is 0 Å². The second-order valence-electron chi connectivity index (χ2n) is 5.08. The number of nitrogens with one attached hydrogen (secondary N) is 1. The standard InChI is InChI=1S/C13H25N3/c1-6-14-11(3)10-13(4,5)12-15-8-9-16(12)7-2/h8-9,11,14H,6-7,10H2,1-5H3. The van der Waals surface area contributed by atoms with E-state index in [0.29, 0.717) is 6.04 Å². The van der Waals surface area contributed by atoms with E-state index in [4.69, 9.17) is 0 Å². The molecule has 0 aliphatic carbocycles. The van der Waals surface area contributed by atoms with E-state index in [1.165, 1.54) is 5.82 Å². The summed E-state index contributed by atoms with van der Waals surface area (Å²) in [5.74, 6) is 1.19. The van der Waals surface area contributed by atoms with E-state index in [1.807, 2.05) is 6.20 Å². The lowest BCUT2D eigenvalue weighted by molar-refractivity contribution is 0.366. The number of rotatable bonds is 6. The molecule has 0 saturated heterocycles. The number of hydrogen-bond acceptors (Lipinski definition) is 2. The minimum absolute atomic E-state index is 0.126. The van der Waals surface area contributed by atoms with Gasteiger partial charge >= 0.3 is 0 Å². The topological polar surface area (TPSA) is 29.9 Å². The van der Waals surface area contributed by atoms with E-state index < -0.39 is 0 Å². The molecule has 1 rings (SSSR count). The summed E-state index contributed by atoms with van der Waals surface area (Å²) in [7, 11) is 0. The molecule has 0 aliphatic heterocycles. The highest BCUT2D eigenvalue weighted by atomic mass is 15.1. The van der Waals surface area contributed by atoms with Gasteiger partial charge in [0.05, 0.1) is 0 Å². The largest absolute Gasteiger partial charge is 0.335 e.